The molecule has 0 fully saturated rings. The Morgan fingerprint density at radius 3 is 2.65 bits per heavy atom. The van der Waals surface area contributed by atoms with Crippen molar-refractivity contribution < 1.29 is 0 Å². The highest BCUT2D eigenvalue weighted by Crippen LogP contribution is 2.36. The van der Waals surface area contributed by atoms with Crippen molar-refractivity contribution >= 4 is 33.1 Å². The number of aryl methyl sites for hydroxylation is 2. The van der Waals surface area contributed by atoms with Crippen LogP contribution in [-0.2, 0) is 18.7 Å². The van der Waals surface area contributed by atoms with Gasteiger partial charge in [0.2, 0.25) is 0 Å². The Morgan fingerprint density at radius 1 is 0.900 bits per heavy atom. The topological polar surface area (TPSA) is 0 Å². The summed E-state index contributed by atoms with van der Waals surface area (Å²) >= 11 is 6.25. The molecule has 0 atom stereocenters. The van der Waals surface area contributed by atoms with E-state index in [0.29, 0.717) is 5.88 Å². The van der Waals surface area contributed by atoms with Gasteiger partial charge >= 0.3 is 0 Å². The zero-order valence-corrected chi connectivity index (χ0v) is 12.2. The van der Waals surface area contributed by atoms with Gasteiger partial charge in [-0.3, -0.25) is 0 Å². The van der Waals surface area contributed by atoms with E-state index in [0.717, 1.165) is 0 Å². The summed E-state index contributed by atoms with van der Waals surface area (Å²) in [6.07, 6.45) is 5.05. The molecule has 0 aliphatic heterocycles. The lowest BCUT2D eigenvalue weighted by Gasteiger charge is -2.20. The van der Waals surface area contributed by atoms with Gasteiger partial charge in [-0.1, -0.05) is 36.4 Å². The predicted molar refractivity (Wildman–Crippen MR) is 87.7 cm³/mol. The van der Waals surface area contributed by atoms with Crippen LogP contribution in [-0.4, -0.2) is 0 Å². The summed E-state index contributed by atoms with van der Waals surface area (Å²) in [7, 11) is 0. The molecule has 20 heavy (non-hydrogen) atoms. The van der Waals surface area contributed by atoms with Crippen LogP contribution in [0.3, 0.4) is 0 Å². The summed E-state index contributed by atoms with van der Waals surface area (Å²) < 4.78 is 0. The van der Waals surface area contributed by atoms with Gasteiger partial charge in [0, 0.05) is 5.88 Å². The summed E-state index contributed by atoms with van der Waals surface area (Å²) in [4.78, 5) is 0. The Morgan fingerprint density at radius 2 is 1.75 bits per heavy atom. The van der Waals surface area contributed by atoms with E-state index in [-0.39, 0.29) is 0 Å². The Kier molecular flexibility index (Phi) is 2.93. The first kappa shape index (κ1) is 12.2. The van der Waals surface area contributed by atoms with E-state index in [2.05, 4.69) is 42.5 Å². The second-order valence-electron chi connectivity index (χ2n) is 5.72. The van der Waals surface area contributed by atoms with Gasteiger partial charge in [-0.15, -0.1) is 11.6 Å². The van der Waals surface area contributed by atoms with Crippen molar-refractivity contribution in [1.29, 1.82) is 0 Å². The highest BCUT2D eigenvalue weighted by atomic mass is 35.5. The lowest BCUT2D eigenvalue weighted by molar-refractivity contribution is 0.690. The Balaban J connectivity index is 2.19. The lowest BCUT2D eigenvalue weighted by atomic mass is 9.85. The predicted octanol–water partition coefficient (Wildman–Crippen LogP) is 5.61. The van der Waals surface area contributed by atoms with Crippen LogP contribution in [0.4, 0.5) is 0 Å². The van der Waals surface area contributed by atoms with Gasteiger partial charge in [-0.05, 0) is 70.0 Å². The maximum Gasteiger partial charge on any atom is 0.0480 e. The molecule has 0 amide bonds. The Bertz CT molecular complexity index is 802. The van der Waals surface area contributed by atoms with Gasteiger partial charge in [0.25, 0.3) is 0 Å². The largest absolute Gasteiger partial charge is 0.122 e. The highest BCUT2D eigenvalue weighted by Gasteiger charge is 2.16. The maximum absolute atomic E-state index is 6.25. The number of halogens is 1. The quantitative estimate of drug-likeness (QED) is 0.401. The zero-order valence-electron chi connectivity index (χ0n) is 11.5. The fraction of sp³-hybridized carbons (Fsp3) is 0.263. The minimum atomic E-state index is 0.595. The minimum Gasteiger partial charge on any atom is -0.122 e. The third-order valence-corrected chi connectivity index (χ3v) is 4.87. The summed E-state index contributed by atoms with van der Waals surface area (Å²) in [6, 6.07) is 15.6. The molecule has 0 unspecified atom stereocenters. The van der Waals surface area contributed by atoms with E-state index in [4.69, 9.17) is 11.6 Å². The van der Waals surface area contributed by atoms with Crippen molar-refractivity contribution in [2.75, 3.05) is 0 Å². The highest BCUT2D eigenvalue weighted by molar-refractivity contribution is 6.20. The molecule has 1 aliphatic rings. The third-order valence-electron chi connectivity index (χ3n) is 4.58. The van der Waals surface area contributed by atoms with Crippen molar-refractivity contribution in [1.82, 2.24) is 0 Å². The number of alkyl halides is 1. The summed E-state index contributed by atoms with van der Waals surface area (Å²) in [6.45, 7) is 0. The second kappa shape index (κ2) is 4.79. The second-order valence-corrected chi connectivity index (χ2v) is 5.99. The first-order valence-electron chi connectivity index (χ1n) is 7.39. The molecule has 0 bridgehead atoms. The SMILES string of the molecule is ClCc1cc2ccccc2c2ccc3c(c12)CCCC3. The molecular weight excluding hydrogens is 264 g/mol. The van der Waals surface area contributed by atoms with Gasteiger partial charge in [0.05, 0.1) is 0 Å². The average molecular weight is 281 g/mol. The standard InChI is InChI=1S/C19H17Cl/c20-12-15-11-14-6-2-3-7-16(14)18-10-9-13-5-1-4-8-17(13)19(15)18/h2-3,6-7,9-11H,1,4-5,8,12H2. The molecule has 0 N–H and O–H groups in total. The van der Waals surface area contributed by atoms with Gasteiger partial charge in [-0.2, -0.15) is 0 Å². The van der Waals surface area contributed by atoms with E-state index >= 15 is 0 Å². The summed E-state index contributed by atoms with van der Waals surface area (Å²) in [5, 5.41) is 5.45. The van der Waals surface area contributed by atoms with Crippen LogP contribution in [0.5, 0.6) is 0 Å². The van der Waals surface area contributed by atoms with Crippen molar-refractivity contribution in [2.24, 2.45) is 0 Å². The number of fused-ring (bicyclic) bond motifs is 5. The monoisotopic (exact) mass is 280 g/mol. The molecule has 0 heterocycles. The van der Waals surface area contributed by atoms with Crippen LogP contribution >= 0.6 is 11.6 Å². The molecule has 0 radical (unpaired) electrons. The van der Waals surface area contributed by atoms with E-state index in [1.54, 1.807) is 5.56 Å². The maximum atomic E-state index is 6.25. The Hall–Kier alpha value is -1.53. The van der Waals surface area contributed by atoms with Gasteiger partial charge in [0.1, 0.15) is 0 Å². The van der Waals surface area contributed by atoms with Crippen LogP contribution in [0, 0.1) is 0 Å². The summed E-state index contributed by atoms with van der Waals surface area (Å²) in [5.74, 6) is 0.595. The first-order valence-corrected chi connectivity index (χ1v) is 7.93. The number of hydrogen-bond donors (Lipinski definition) is 0. The fourth-order valence-corrected chi connectivity index (χ4v) is 3.86. The summed E-state index contributed by atoms with van der Waals surface area (Å²) in [5.41, 5.74) is 4.37. The normalized spacial score (nSPS) is 14.7. The van der Waals surface area contributed by atoms with Crippen LogP contribution in [0.1, 0.15) is 29.5 Å². The molecule has 3 aromatic carbocycles. The number of rotatable bonds is 1. The number of benzene rings is 3. The third kappa shape index (κ3) is 1.75. The van der Waals surface area contributed by atoms with Crippen molar-refractivity contribution in [3.8, 4) is 0 Å². The smallest absolute Gasteiger partial charge is 0.0480 e. The van der Waals surface area contributed by atoms with Crippen molar-refractivity contribution in [3.05, 3.63) is 59.2 Å². The first-order chi connectivity index (χ1) is 9.88. The Labute approximate surface area is 124 Å². The van der Waals surface area contributed by atoms with E-state index in [1.165, 1.54) is 58.4 Å². The average Bonchev–Trinajstić information content (AvgIpc) is 2.53. The molecule has 0 saturated carbocycles. The van der Waals surface area contributed by atoms with E-state index < -0.39 is 0 Å². The van der Waals surface area contributed by atoms with E-state index in [9.17, 15) is 0 Å². The molecule has 0 aromatic heterocycles. The van der Waals surface area contributed by atoms with Gasteiger partial charge < -0.3 is 0 Å². The van der Waals surface area contributed by atoms with Crippen LogP contribution in [0.2, 0.25) is 0 Å². The molecule has 0 saturated heterocycles. The molecule has 100 valence electrons. The molecule has 1 heteroatoms. The molecular formula is C19H17Cl. The lowest BCUT2D eigenvalue weighted by Crippen LogP contribution is -2.04. The van der Waals surface area contributed by atoms with E-state index in [1.807, 2.05) is 0 Å². The van der Waals surface area contributed by atoms with Crippen LogP contribution < -0.4 is 0 Å². The van der Waals surface area contributed by atoms with Crippen LogP contribution in [0.25, 0.3) is 21.5 Å². The number of hydrogen-bond acceptors (Lipinski definition) is 0. The molecule has 4 rings (SSSR count). The van der Waals surface area contributed by atoms with Crippen molar-refractivity contribution in [2.45, 2.75) is 31.6 Å². The van der Waals surface area contributed by atoms with Crippen LogP contribution in [0.15, 0.2) is 42.5 Å². The van der Waals surface area contributed by atoms with Gasteiger partial charge in [-0.25, -0.2) is 0 Å². The molecule has 0 spiro atoms. The van der Waals surface area contributed by atoms with Crippen molar-refractivity contribution in [3.63, 3.8) is 0 Å². The van der Waals surface area contributed by atoms with Gasteiger partial charge in [0.15, 0.2) is 0 Å². The fourth-order valence-electron chi connectivity index (χ4n) is 3.65. The minimum absolute atomic E-state index is 0.595. The zero-order chi connectivity index (χ0) is 13.5. The molecule has 0 nitrogen and oxygen atoms in total. The molecule has 3 aromatic rings. The molecule has 1 aliphatic carbocycles.